The molecule has 0 fully saturated rings. The predicted molar refractivity (Wildman–Crippen MR) is 112 cm³/mol. The van der Waals surface area contributed by atoms with Crippen LogP contribution in [0.5, 0.6) is 5.75 Å². The van der Waals surface area contributed by atoms with Crippen molar-refractivity contribution >= 4 is 27.3 Å². The number of sulfonamides is 1. The highest BCUT2D eigenvalue weighted by Crippen LogP contribution is 2.35. The average molecular weight is 403 g/mol. The first-order valence-electron chi connectivity index (χ1n) is 9.31. The molecule has 0 spiro atoms. The molecule has 0 radical (unpaired) electrons. The SMILES string of the molecule is Cc1ccc2c(c1)N(S(C)(=O)=O)CC[C@@H](C(=O)Nc1ccc(C(C)C)cc1)O2. The fraction of sp³-hybridized carbons (Fsp3) is 0.381. The number of fused-ring (bicyclic) bond motifs is 1. The minimum Gasteiger partial charge on any atom is -0.478 e. The number of carbonyl (C=O) groups excluding carboxylic acids is 1. The summed E-state index contributed by atoms with van der Waals surface area (Å²) in [6.45, 7) is 6.29. The van der Waals surface area contributed by atoms with Gasteiger partial charge in [0.2, 0.25) is 10.0 Å². The number of carbonyl (C=O) groups is 1. The fourth-order valence-corrected chi connectivity index (χ4v) is 4.13. The van der Waals surface area contributed by atoms with Crippen LogP contribution in [-0.2, 0) is 14.8 Å². The van der Waals surface area contributed by atoms with Crippen LogP contribution >= 0.6 is 0 Å². The largest absolute Gasteiger partial charge is 0.478 e. The highest BCUT2D eigenvalue weighted by atomic mass is 32.2. The van der Waals surface area contributed by atoms with E-state index in [0.717, 1.165) is 11.8 Å². The Morgan fingerprint density at radius 3 is 2.46 bits per heavy atom. The summed E-state index contributed by atoms with van der Waals surface area (Å²) in [5, 5.41) is 2.87. The van der Waals surface area contributed by atoms with Gasteiger partial charge in [-0.15, -0.1) is 0 Å². The summed E-state index contributed by atoms with van der Waals surface area (Å²) >= 11 is 0. The number of nitrogens with one attached hydrogen (secondary N) is 1. The maximum atomic E-state index is 12.8. The van der Waals surface area contributed by atoms with Crippen LogP contribution in [0.15, 0.2) is 42.5 Å². The van der Waals surface area contributed by atoms with Gasteiger partial charge in [0.15, 0.2) is 6.10 Å². The number of ether oxygens (including phenoxy) is 1. The zero-order valence-corrected chi connectivity index (χ0v) is 17.4. The molecular formula is C21H26N2O4S. The van der Waals surface area contributed by atoms with E-state index in [1.807, 2.05) is 37.3 Å². The third-order valence-electron chi connectivity index (χ3n) is 4.78. The normalized spacial score (nSPS) is 16.9. The molecule has 1 aliphatic rings. The number of benzene rings is 2. The van der Waals surface area contributed by atoms with Crippen LogP contribution in [0.1, 0.15) is 37.3 Å². The van der Waals surface area contributed by atoms with Crippen molar-refractivity contribution in [1.82, 2.24) is 0 Å². The Kier molecular flexibility index (Phi) is 5.65. The zero-order valence-electron chi connectivity index (χ0n) is 16.6. The average Bonchev–Trinajstić information content (AvgIpc) is 2.81. The third kappa shape index (κ3) is 4.47. The highest BCUT2D eigenvalue weighted by Gasteiger charge is 2.31. The molecule has 0 bridgehead atoms. The van der Waals surface area contributed by atoms with Crippen LogP contribution in [0, 0.1) is 6.92 Å². The molecule has 1 amide bonds. The van der Waals surface area contributed by atoms with Gasteiger partial charge >= 0.3 is 0 Å². The van der Waals surface area contributed by atoms with Crippen molar-refractivity contribution in [2.75, 3.05) is 22.4 Å². The minimum atomic E-state index is -3.48. The van der Waals surface area contributed by atoms with Crippen LogP contribution in [0.4, 0.5) is 11.4 Å². The second kappa shape index (κ2) is 7.83. The summed E-state index contributed by atoms with van der Waals surface area (Å²) in [7, 11) is -3.48. The van der Waals surface area contributed by atoms with E-state index in [4.69, 9.17) is 4.74 Å². The summed E-state index contributed by atoms with van der Waals surface area (Å²) in [5.41, 5.74) is 3.27. The lowest BCUT2D eigenvalue weighted by molar-refractivity contribution is -0.122. The van der Waals surface area contributed by atoms with E-state index in [9.17, 15) is 13.2 Å². The molecule has 28 heavy (non-hydrogen) atoms. The summed E-state index contributed by atoms with van der Waals surface area (Å²) in [4.78, 5) is 12.8. The summed E-state index contributed by atoms with van der Waals surface area (Å²) in [6.07, 6.45) is 0.643. The van der Waals surface area contributed by atoms with Gasteiger partial charge in [-0.3, -0.25) is 9.10 Å². The van der Waals surface area contributed by atoms with Gasteiger partial charge < -0.3 is 10.1 Å². The van der Waals surface area contributed by atoms with Crippen molar-refractivity contribution in [3.05, 3.63) is 53.6 Å². The van der Waals surface area contributed by atoms with E-state index < -0.39 is 16.1 Å². The van der Waals surface area contributed by atoms with Crippen molar-refractivity contribution in [2.45, 2.75) is 39.2 Å². The Bertz CT molecular complexity index is 968. The van der Waals surface area contributed by atoms with Gasteiger partial charge in [0.05, 0.1) is 11.9 Å². The molecular weight excluding hydrogens is 376 g/mol. The predicted octanol–water partition coefficient (Wildman–Crippen LogP) is 3.67. The van der Waals surface area contributed by atoms with Crippen LogP contribution in [0.3, 0.4) is 0 Å². The summed E-state index contributed by atoms with van der Waals surface area (Å²) < 4.78 is 31.7. The molecule has 0 aliphatic carbocycles. The molecule has 0 saturated heterocycles. The molecule has 2 aromatic carbocycles. The first-order chi connectivity index (χ1) is 13.1. The minimum absolute atomic E-state index is 0.180. The monoisotopic (exact) mass is 402 g/mol. The van der Waals surface area contributed by atoms with E-state index >= 15 is 0 Å². The molecule has 1 atom stereocenters. The Morgan fingerprint density at radius 1 is 1.18 bits per heavy atom. The smallest absolute Gasteiger partial charge is 0.265 e. The number of hydrogen-bond acceptors (Lipinski definition) is 4. The van der Waals surface area contributed by atoms with Crippen molar-refractivity contribution in [1.29, 1.82) is 0 Å². The van der Waals surface area contributed by atoms with Crippen molar-refractivity contribution in [2.24, 2.45) is 0 Å². The molecule has 7 heteroatoms. The molecule has 1 N–H and O–H groups in total. The first-order valence-corrected chi connectivity index (χ1v) is 11.2. The van der Waals surface area contributed by atoms with Gasteiger partial charge in [-0.25, -0.2) is 8.42 Å². The number of amides is 1. The standard InChI is InChI=1S/C21H26N2O4S/c1-14(2)16-6-8-17(9-7-16)22-21(24)20-11-12-23(28(4,25)26)18-13-15(3)5-10-19(18)27-20/h5-10,13-14,20H,11-12H2,1-4H3,(H,22,24)/t20-/m0/s1. The van der Waals surface area contributed by atoms with Crippen LogP contribution < -0.4 is 14.4 Å². The van der Waals surface area contributed by atoms with E-state index in [-0.39, 0.29) is 18.9 Å². The summed E-state index contributed by atoms with van der Waals surface area (Å²) in [6, 6.07) is 13.0. The molecule has 6 nitrogen and oxygen atoms in total. The second-order valence-electron chi connectivity index (χ2n) is 7.47. The molecule has 1 aliphatic heterocycles. The molecule has 0 aromatic heterocycles. The fourth-order valence-electron chi connectivity index (χ4n) is 3.19. The van der Waals surface area contributed by atoms with Crippen LogP contribution in [-0.4, -0.2) is 33.2 Å². The first kappa shape index (κ1) is 20.2. The Hall–Kier alpha value is -2.54. The maximum absolute atomic E-state index is 12.8. The molecule has 150 valence electrons. The second-order valence-corrected chi connectivity index (χ2v) is 9.37. The summed E-state index contributed by atoms with van der Waals surface area (Å²) in [5.74, 6) is 0.514. The highest BCUT2D eigenvalue weighted by molar-refractivity contribution is 7.92. The van der Waals surface area contributed by atoms with Crippen molar-refractivity contribution < 1.29 is 17.9 Å². The number of rotatable bonds is 4. The van der Waals surface area contributed by atoms with Gasteiger partial charge in [0.25, 0.3) is 5.91 Å². The van der Waals surface area contributed by atoms with Crippen LogP contribution in [0.2, 0.25) is 0 Å². The molecule has 0 saturated carbocycles. The van der Waals surface area contributed by atoms with Gasteiger partial charge in [-0.1, -0.05) is 32.0 Å². The zero-order chi connectivity index (χ0) is 20.5. The van der Waals surface area contributed by atoms with Gasteiger partial charge in [0, 0.05) is 18.7 Å². The molecule has 3 rings (SSSR count). The molecule has 0 unspecified atom stereocenters. The Morgan fingerprint density at radius 2 is 1.86 bits per heavy atom. The lowest BCUT2D eigenvalue weighted by Gasteiger charge is -2.21. The van der Waals surface area contributed by atoms with E-state index in [0.29, 0.717) is 23.0 Å². The van der Waals surface area contributed by atoms with E-state index in [1.165, 1.54) is 9.87 Å². The number of aryl methyl sites for hydroxylation is 1. The van der Waals surface area contributed by atoms with E-state index in [1.54, 1.807) is 12.1 Å². The lowest BCUT2D eigenvalue weighted by Crippen LogP contribution is -2.35. The van der Waals surface area contributed by atoms with Gasteiger partial charge in [0.1, 0.15) is 5.75 Å². The van der Waals surface area contributed by atoms with Gasteiger partial charge in [-0.05, 0) is 48.2 Å². The number of nitrogens with zero attached hydrogens (tertiary/aromatic N) is 1. The number of hydrogen-bond donors (Lipinski definition) is 1. The number of anilines is 2. The van der Waals surface area contributed by atoms with Crippen molar-refractivity contribution in [3.8, 4) is 5.75 Å². The Labute approximate surface area is 166 Å². The quantitative estimate of drug-likeness (QED) is 0.847. The maximum Gasteiger partial charge on any atom is 0.265 e. The topological polar surface area (TPSA) is 75.7 Å². The van der Waals surface area contributed by atoms with E-state index in [2.05, 4.69) is 19.2 Å². The van der Waals surface area contributed by atoms with Crippen LogP contribution in [0.25, 0.3) is 0 Å². The third-order valence-corrected chi connectivity index (χ3v) is 5.96. The molecule has 2 aromatic rings. The van der Waals surface area contributed by atoms with Gasteiger partial charge in [-0.2, -0.15) is 0 Å². The Balaban J connectivity index is 1.82. The molecule has 1 heterocycles. The van der Waals surface area contributed by atoms with Crippen molar-refractivity contribution in [3.63, 3.8) is 0 Å². The lowest BCUT2D eigenvalue weighted by atomic mass is 10.0.